The molecule has 0 N–H and O–H groups in total. The zero-order valence-corrected chi connectivity index (χ0v) is 13.1. The van der Waals surface area contributed by atoms with Gasteiger partial charge in [0.05, 0.1) is 10.6 Å². The fourth-order valence-corrected chi connectivity index (χ4v) is 2.86. The summed E-state index contributed by atoms with van der Waals surface area (Å²) in [6.45, 7) is 2.02. The van der Waals surface area contributed by atoms with Crippen molar-refractivity contribution in [3.05, 3.63) is 69.8 Å². The smallest absolute Gasteiger partial charge is 0.258 e. The van der Waals surface area contributed by atoms with Crippen molar-refractivity contribution >= 4 is 17.4 Å². The maximum Gasteiger partial charge on any atom is 0.269 e. The zero-order valence-electron chi connectivity index (χ0n) is 12.3. The summed E-state index contributed by atoms with van der Waals surface area (Å²) in [5.41, 5.74) is 2.97. The third kappa shape index (κ3) is 3.54. The lowest BCUT2D eigenvalue weighted by atomic mass is 10.2. The Kier molecular flexibility index (Phi) is 4.33. The van der Waals surface area contributed by atoms with E-state index in [1.807, 2.05) is 37.3 Å². The number of benzene rings is 2. The number of nitro benzene ring substituents is 1. The summed E-state index contributed by atoms with van der Waals surface area (Å²) >= 11 is 1.43. The van der Waals surface area contributed by atoms with Gasteiger partial charge in [-0.2, -0.15) is 4.68 Å². The second-order valence-corrected chi connectivity index (χ2v) is 5.87. The van der Waals surface area contributed by atoms with Crippen LogP contribution in [-0.2, 0) is 5.75 Å². The van der Waals surface area contributed by atoms with Gasteiger partial charge in [-0.15, -0.1) is 5.10 Å². The molecule has 1 aromatic heterocycles. The third-order valence-corrected chi connectivity index (χ3v) is 4.20. The molecule has 0 saturated carbocycles. The van der Waals surface area contributed by atoms with Gasteiger partial charge in [0.15, 0.2) is 0 Å². The van der Waals surface area contributed by atoms with Crippen LogP contribution in [0.15, 0.2) is 53.7 Å². The SMILES string of the molecule is Cc1ccc(-n2nnnc2SCc2cccc([N+](=O)[O-])c2)cc1. The number of aromatic nitrogens is 4. The van der Waals surface area contributed by atoms with Crippen molar-refractivity contribution < 1.29 is 4.92 Å². The average Bonchev–Trinajstić information content (AvgIpc) is 3.02. The van der Waals surface area contributed by atoms with Crippen molar-refractivity contribution in [3.63, 3.8) is 0 Å². The van der Waals surface area contributed by atoms with Crippen molar-refractivity contribution in [2.45, 2.75) is 17.8 Å². The highest BCUT2D eigenvalue weighted by molar-refractivity contribution is 7.98. The molecule has 116 valence electrons. The molecule has 0 aliphatic rings. The van der Waals surface area contributed by atoms with Crippen LogP contribution < -0.4 is 0 Å². The lowest BCUT2D eigenvalue weighted by molar-refractivity contribution is -0.384. The summed E-state index contributed by atoms with van der Waals surface area (Å²) in [5.74, 6) is 0.550. The molecule has 0 fully saturated rings. The van der Waals surface area contributed by atoms with E-state index in [9.17, 15) is 10.1 Å². The highest BCUT2D eigenvalue weighted by atomic mass is 32.2. The van der Waals surface area contributed by atoms with Crippen molar-refractivity contribution in [3.8, 4) is 5.69 Å². The Morgan fingerprint density at radius 2 is 2.00 bits per heavy atom. The Morgan fingerprint density at radius 3 is 2.74 bits per heavy atom. The molecule has 0 amide bonds. The number of hydrogen-bond donors (Lipinski definition) is 0. The van der Waals surface area contributed by atoms with Gasteiger partial charge < -0.3 is 0 Å². The number of tetrazole rings is 1. The number of hydrogen-bond acceptors (Lipinski definition) is 6. The monoisotopic (exact) mass is 327 g/mol. The Labute approximate surface area is 136 Å². The van der Waals surface area contributed by atoms with Gasteiger partial charge in [-0.1, -0.05) is 41.6 Å². The van der Waals surface area contributed by atoms with E-state index in [4.69, 9.17) is 0 Å². The molecule has 2 aromatic carbocycles. The Bertz CT molecular complexity index is 832. The third-order valence-electron chi connectivity index (χ3n) is 3.21. The van der Waals surface area contributed by atoms with Crippen LogP contribution in [0, 0.1) is 17.0 Å². The zero-order chi connectivity index (χ0) is 16.2. The van der Waals surface area contributed by atoms with Crippen LogP contribution in [0.1, 0.15) is 11.1 Å². The molecule has 0 saturated heterocycles. The standard InChI is InChI=1S/C15H13N5O2S/c1-11-5-7-13(8-6-11)19-15(16-17-18-19)23-10-12-3-2-4-14(9-12)20(21)22/h2-9H,10H2,1H3. The predicted molar refractivity (Wildman–Crippen MR) is 86.5 cm³/mol. The fraction of sp³-hybridized carbons (Fsp3) is 0.133. The number of rotatable bonds is 5. The van der Waals surface area contributed by atoms with Gasteiger partial charge in [0.2, 0.25) is 5.16 Å². The average molecular weight is 327 g/mol. The first-order chi connectivity index (χ1) is 11.1. The molecule has 0 unspecified atom stereocenters. The maximum atomic E-state index is 10.8. The predicted octanol–water partition coefficient (Wildman–Crippen LogP) is 3.17. The molecule has 3 aromatic rings. The highest BCUT2D eigenvalue weighted by Gasteiger charge is 2.11. The second-order valence-electron chi connectivity index (χ2n) is 4.92. The highest BCUT2D eigenvalue weighted by Crippen LogP contribution is 2.24. The van der Waals surface area contributed by atoms with Crippen LogP contribution in [0.5, 0.6) is 0 Å². The number of thioether (sulfide) groups is 1. The van der Waals surface area contributed by atoms with Crippen LogP contribution in [-0.4, -0.2) is 25.1 Å². The summed E-state index contributed by atoms with van der Waals surface area (Å²) < 4.78 is 1.65. The summed E-state index contributed by atoms with van der Waals surface area (Å²) in [7, 11) is 0. The van der Waals surface area contributed by atoms with Gasteiger partial charge in [0, 0.05) is 17.9 Å². The minimum atomic E-state index is -0.398. The van der Waals surface area contributed by atoms with E-state index in [0.717, 1.165) is 16.8 Å². The Morgan fingerprint density at radius 1 is 1.22 bits per heavy atom. The molecular weight excluding hydrogens is 314 g/mol. The molecule has 0 radical (unpaired) electrons. The lowest BCUT2D eigenvalue weighted by Crippen LogP contribution is -1.99. The van der Waals surface area contributed by atoms with Crippen LogP contribution >= 0.6 is 11.8 Å². The summed E-state index contributed by atoms with van der Waals surface area (Å²) in [5, 5.41) is 23.2. The quantitative estimate of drug-likeness (QED) is 0.406. The van der Waals surface area contributed by atoms with Gasteiger partial charge in [-0.05, 0) is 35.0 Å². The minimum Gasteiger partial charge on any atom is -0.258 e. The van der Waals surface area contributed by atoms with E-state index >= 15 is 0 Å². The Balaban J connectivity index is 1.77. The van der Waals surface area contributed by atoms with Crippen molar-refractivity contribution in [1.82, 2.24) is 20.2 Å². The van der Waals surface area contributed by atoms with E-state index in [2.05, 4.69) is 15.5 Å². The number of nitro groups is 1. The minimum absolute atomic E-state index is 0.0845. The van der Waals surface area contributed by atoms with Crippen molar-refractivity contribution in [1.29, 1.82) is 0 Å². The van der Waals surface area contributed by atoms with E-state index in [-0.39, 0.29) is 5.69 Å². The molecule has 0 aliphatic carbocycles. The van der Waals surface area contributed by atoms with Gasteiger partial charge in [-0.25, -0.2) is 0 Å². The van der Waals surface area contributed by atoms with E-state index in [0.29, 0.717) is 10.9 Å². The Hall–Kier alpha value is -2.74. The van der Waals surface area contributed by atoms with Gasteiger partial charge >= 0.3 is 0 Å². The van der Waals surface area contributed by atoms with Crippen LogP contribution in [0.4, 0.5) is 5.69 Å². The number of nitrogens with zero attached hydrogens (tertiary/aromatic N) is 5. The first-order valence-corrected chi connectivity index (χ1v) is 7.83. The topological polar surface area (TPSA) is 86.7 Å². The summed E-state index contributed by atoms with van der Waals surface area (Å²) in [4.78, 5) is 10.4. The molecule has 8 heteroatoms. The molecule has 0 atom stereocenters. The molecule has 0 aliphatic heterocycles. The normalized spacial score (nSPS) is 10.7. The van der Waals surface area contributed by atoms with Crippen molar-refractivity contribution in [2.75, 3.05) is 0 Å². The molecule has 0 bridgehead atoms. The fourth-order valence-electron chi connectivity index (χ4n) is 2.02. The largest absolute Gasteiger partial charge is 0.269 e. The van der Waals surface area contributed by atoms with Crippen LogP contribution in [0.2, 0.25) is 0 Å². The second kappa shape index (κ2) is 6.57. The number of non-ortho nitro benzene ring substituents is 1. The number of aryl methyl sites for hydroxylation is 1. The van der Waals surface area contributed by atoms with Crippen LogP contribution in [0.25, 0.3) is 5.69 Å². The molecule has 0 spiro atoms. The maximum absolute atomic E-state index is 10.8. The molecule has 23 heavy (non-hydrogen) atoms. The van der Waals surface area contributed by atoms with Gasteiger partial charge in [0.25, 0.3) is 5.69 Å². The lowest BCUT2D eigenvalue weighted by Gasteiger charge is -2.05. The molecule has 7 nitrogen and oxygen atoms in total. The van der Waals surface area contributed by atoms with E-state index in [1.54, 1.807) is 16.8 Å². The molecule has 3 rings (SSSR count). The van der Waals surface area contributed by atoms with Gasteiger partial charge in [0.1, 0.15) is 0 Å². The molecular formula is C15H13N5O2S. The van der Waals surface area contributed by atoms with E-state index in [1.165, 1.54) is 17.8 Å². The van der Waals surface area contributed by atoms with Gasteiger partial charge in [-0.3, -0.25) is 10.1 Å². The first-order valence-electron chi connectivity index (χ1n) is 6.85. The van der Waals surface area contributed by atoms with Crippen LogP contribution in [0.3, 0.4) is 0 Å². The first kappa shape index (κ1) is 15.2. The summed E-state index contributed by atoms with van der Waals surface area (Å²) in [6, 6.07) is 14.4. The summed E-state index contributed by atoms with van der Waals surface area (Å²) in [6.07, 6.45) is 0. The van der Waals surface area contributed by atoms with E-state index < -0.39 is 4.92 Å². The van der Waals surface area contributed by atoms with Crippen molar-refractivity contribution in [2.24, 2.45) is 0 Å². The molecule has 1 heterocycles.